The predicted octanol–water partition coefficient (Wildman–Crippen LogP) is 6.50. The number of carbonyl (C=O) groups is 2. The molecule has 3 aromatic rings. The van der Waals surface area contributed by atoms with Crippen LogP contribution in [-0.2, 0) is 35.4 Å². The van der Waals surface area contributed by atoms with E-state index in [9.17, 15) is 9.59 Å². The van der Waals surface area contributed by atoms with Gasteiger partial charge in [-0.3, -0.25) is 9.59 Å². The van der Waals surface area contributed by atoms with E-state index in [0.29, 0.717) is 25.8 Å². The van der Waals surface area contributed by atoms with Crippen LogP contribution in [0.25, 0.3) is 0 Å². The highest BCUT2D eigenvalue weighted by atomic mass is 79.9. The summed E-state index contributed by atoms with van der Waals surface area (Å²) in [5.41, 5.74) is 4.44. The second kappa shape index (κ2) is 14.0. The van der Waals surface area contributed by atoms with Gasteiger partial charge < -0.3 is 10.2 Å². The van der Waals surface area contributed by atoms with Gasteiger partial charge in [-0.15, -0.1) is 0 Å². The van der Waals surface area contributed by atoms with Gasteiger partial charge in [0.15, 0.2) is 0 Å². The second-order valence-corrected chi connectivity index (χ2v) is 10.3. The number of nitrogens with zero attached hydrogens (tertiary/aromatic N) is 1. The molecule has 2 atom stereocenters. The van der Waals surface area contributed by atoms with Crippen molar-refractivity contribution in [2.24, 2.45) is 0 Å². The molecule has 0 saturated carbocycles. The summed E-state index contributed by atoms with van der Waals surface area (Å²) in [4.78, 5) is 29.1. The normalized spacial score (nSPS) is 12.6. The van der Waals surface area contributed by atoms with E-state index in [1.807, 2.05) is 68.4 Å². The highest BCUT2D eigenvalue weighted by Gasteiger charge is 2.30. The quantitative estimate of drug-likeness (QED) is 0.281. The Morgan fingerprint density at radius 1 is 0.833 bits per heavy atom. The number of nitrogens with one attached hydrogen (secondary N) is 1. The van der Waals surface area contributed by atoms with Crippen molar-refractivity contribution in [1.29, 1.82) is 0 Å². The molecule has 0 spiro atoms. The topological polar surface area (TPSA) is 49.4 Å². The van der Waals surface area contributed by atoms with E-state index in [1.165, 1.54) is 5.56 Å². The maximum Gasteiger partial charge on any atom is 0.243 e. The molecule has 0 fully saturated rings. The van der Waals surface area contributed by atoms with E-state index in [2.05, 4.69) is 52.4 Å². The minimum absolute atomic E-state index is 0.0160. The zero-order valence-corrected chi connectivity index (χ0v) is 23.1. The molecule has 0 unspecified atom stereocenters. The van der Waals surface area contributed by atoms with Gasteiger partial charge in [-0.05, 0) is 60.6 Å². The number of benzene rings is 3. The molecule has 2 amide bonds. The van der Waals surface area contributed by atoms with Gasteiger partial charge in [0.25, 0.3) is 0 Å². The zero-order valence-electron chi connectivity index (χ0n) is 21.5. The summed E-state index contributed by atoms with van der Waals surface area (Å²) in [5.74, 6) is -0.122. The highest BCUT2D eigenvalue weighted by Crippen LogP contribution is 2.19. The van der Waals surface area contributed by atoms with Crippen LogP contribution >= 0.6 is 15.9 Å². The first-order chi connectivity index (χ1) is 17.4. The summed E-state index contributed by atoms with van der Waals surface area (Å²) in [5, 5.41) is 3.13. The first kappa shape index (κ1) is 27.7. The van der Waals surface area contributed by atoms with Crippen LogP contribution in [0, 0.1) is 0 Å². The molecule has 190 valence electrons. The Labute approximate surface area is 224 Å². The van der Waals surface area contributed by atoms with Crippen molar-refractivity contribution < 1.29 is 9.59 Å². The minimum Gasteiger partial charge on any atom is -0.352 e. The maximum atomic E-state index is 13.7. The predicted molar refractivity (Wildman–Crippen MR) is 151 cm³/mol. The monoisotopic (exact) mass is 548 g/mol. The fourth-order valence-corrected chi connectivity index (χ4v) is 4.38. The number of hydrogen-bond acceptors (Lipinski definition) is 2. The Bertz CT molecular complexity index is 1100. The molecule has 0 saturated heterocycles. The fraction of sp³-hybridized carbons (Fsp3) is 0.355. The number of carbonyl (C=O) groups excluding carboxylic acids is 2. The lowest BCUT2D eigenvalue weighted by atomic mass is 10.0. The summed E-state index contributed by atoms with van der Waals surface area (Å²) in [6.07, 6.45) is 3.29. The van der Waals surface area contributed by atoms with Crippen molar-refractivity contribution in [3.05, 3.63) is 106 Å². The third-order valence-electron chi connectivity index (χ3n) is 6.60. The van der Waals surface area contributed by atoms with Gasteiger partial charge >= 0.3 is 0 Å². The Morgan fingerprint density at radius 3 is 2.06 bits per heavy atom. The van der Waals surface area contributed by atoms with Crippen molar-refractivity contribution >= 4 is 27.7 Å². The van der Waals surface area contributed by atoms with Gasteiger partial charge in [0.2, 0.25) is 11.8 Å². The van der Waals surface area contributed by atoms with E-state index >= 15 is 0 Å². The third-order valence-corrected chi connectivity index (χ3v) is 7.13. The Morgan fingerprint density at radius 2 is 1.44 bits per heavy atom. The summed E-state index contributed by atoms with van der Waals surface area (Å²) in [7, 11) is 0. The molecule has 4 nitrogen and oxygen atoms in total. The number of amides is 2. The van der Waals surface area contributed by atoms with Gasteiger partial charge in [-0.1, -0.05) is 96.5 Å². The summed E-state index contributed by atoms with van der Waals surface area (Å²) in [6, 6.07) is 25.8. The molecule has 3 rings (SSSR count). The van der Waals surface area contributed by atoms with Crippen molar-refractivity contribution in [2.75, 3.05) is 0 Å². The van der Waals surface area contributed by atoms with Gasteiger partial charge in [0.1, 0.15) is 6.04 Å². The lowest BCUT2D eigenvalue weighted by Crippen LogP contribution is -2.52. The first-order valence-electron chi connectivity index (χ1n) is 12.9. The molecule has 0 bridgehead atoms. The van der Waals surface area contributed by atoms with Gasteiger partial charge in [-0.25, -0.2) is 0 Å². The number of aryl methyl sites for hydroxylation is 2. The molecule has 5 heteroatoms. The second-order valence-electron chi connectivity index (χ2n) is 9.34. The number of rotatable bonds is 12. The Kier molecular flexibility index (Phi) is 10.7. The standard InChI is InChI=1S/C31H37BrN2O2/c1-4-23(3)33-31(36)29(21-26-9-7-6-8-10-26)34(22-27-15-18-28(32)19-16-27)30(35)20-17-25-13-11-24(5-2)12-14-25/h6-16,18-19,23,29H,4-5,17,20-22H2,1-3H3,(H,33,36)/t23-,29+/m1/s1. The van der Waals surface area contributed by atoms with Crippen LogP contribution in [0.3, 0.4) is 0 Å². The number of halogens is 1. The van der Waals surface area contributed by atoms with Crippen LogP contribution < -0.4 is 5.32 Å². The molecule has 0 aliphatic heterocycles. The maximum absolute atomic E-state index is 13.7. The van der Waals surface area contributed by atoms with Gasteiger partial charge in [-0.2, -0.15) is 0 Å². The molecule has 36 heavy (non-hydrogen) atoms. The summed E-state index contributed by atoms with van der Waals surface area (Å²) < 4.78 is 0.981. The Hall–Kier alpha value is -2.92. The molecule has 3 aromatic carbocycles. The molecule has 1 N–H and O–H groups in total. The molecule has 0 aliphatic carbocycles. The minimum atomic E-state index is -0.597. The van der Waals surface area contributed by atoms with Gasteiger partial charge in [0, 0.05) is 29.9 Å². The average Bonchev–Trinajstić information content (AvgIpc) is 2.91. The smallest absolute Gasteiger partial charge is 0.243 e. The lowest BCUT2D eigenvalue weighted by molar-refractivity contribution is -0.141. The Balaban J connectivity index is 1.88. The molecular weight excluding hydrogens is 512 g/mol. The van der Waals surface area contributed by atoms with E-state index in [-0.39, 0.29) is 17.9 Å². The van der Waals surface area contributed by atoms with E-state index in [4.69, 9.17) is 0 Å². The van der Waals surface area contributed by atoms with Crippen molar-refractivity contribution in [3.63, 3.8) is 0 Å². The van der Waals surface area contributed by atoms with Crippen LogP contribution in [0.5, 0.6) is 0 Å². The van der Waals surface area contributed by atoms with Crippen LogP contribution in [0.1, 0.15) is 55.9 Å². The summed E-state index contributed by atoms with van der Waals surface area (Å²) >= 11 is 3.49. The first-order valence-corrected chi connectivity index (χ1v) is 13.6. The third kappa shape index (κ3) is 8.34. The van der Waals surface area contributed by atoms with Crippen LogP contribution in [0.2, 0.25) is 0 Å². The van der Waals surface area contributed by atoms with Crippen LogP contribution in [0.15, 0.2) is 83.3 Å². The number of hydrogen-bond donors (Lipinski definition) is 1. The van der Waals surface area contributed by atoms with E-state index in [1.54, 1.807) is 4.90 Å². The molecule has 0 aliphatic rings. The lowest BCUT2D eigenvalue weighted by Gasteiger charge is -2.32. The largest absolute Gasteiger partial charge is 0.352 e. The molecule has 0 aromatic heterocycles. The van der Waals surface area contributed by atoms with E-state index in [0.717, 1.165) is 34.0 Å². The molecular formula is C31H37BrN2O2. The molecule has 0 heterocycles. The average molecular weight is 550 g/mol. The van der Waals surface area contributed by atoms with Crippen molar-refractivity contribution in [2.45, 2.75) is 71.5 Å². The molecule has 0 radical (unpaired) electrons. The van der Waals surface area contributed by atoms with Crippen LogP contribution in [0.4, 0.5) is 0 Å². The summed E-state index contributed by atoms with van der Waals surface area (Å²) in [6.45, 7) is 6.56. The van der Waals surface area contributed by atoms with E-state index < -0.39 is 6.04 Å². The SMILES string of the molecule is CCc1ccc(CCC(=O)N(Cc2ccc(Br)cc2)[C@@H](Cc2ccccc2)C(=O)N[C@H](C)CC)cc1. The van der Waals surface area contributed by atoms with Crippen molar-refractivity contribution in [3.8, 4) is 0 Å². The highest BCUT2D eigenvalue weighted by molar-refractivity contribution is 9.10. The van der Waals surface area contributed by atoms with Crippen molar-refractivity contribution in [1.82, 2.24) is 10.2 Å². The fourth-order valence-electron chi connectivity index (χ4n) is 4.12. The zero-order chi connectivity index (χ0) is 25.9. The van der Waals surface area contributed by atoms with Gasteiger partial charge in [0.05, 0.1) is 0 Å². The van der Waals surface area contributed by atoms with Crippen LogP contribution in [-0.4, -0.2) is 28.8 Å².